The monoisotopic (exact) mass is 197 g/mol. The smallest absolute Gasteiger partial charge is 0.0701 e. The second-order valence-electron chi connectivity index (χ2n) is 2.32. The number of alkyl halides is 1. The lowest BCUT2D eigenvalue weighted by Crippen LogP contribution is -2.30. The van der Waals surface area contributed by atoms with Crippen molar-refractivity contribution >= 4 is 11.6 Å². The van der Waals surface area contributed by atoms with Crippen molar-refractivity contribution in [1.82, 2.24) is 0 Å². The van der Waals surface area contributed by atoms with Gasteiger partial charge in [0.2, 0.25) is 0 Å². The van der Waals surface area contributed by atoms with E-state index in [0.29, 0.717) is 32.3 Å². The van der Waals surface area contributed by atoms with Crippen LogP contribution in [-0.4, -0.2) is 50.1 Å². The zero-order valence-electron chi connectivity index (χ0n) is 7.04. The normalized spacial score (nSPS) is 13.2. The summed E-state index contributed by atoms with van der Waals surface area (Å²) in [7, 11) is 0. The van der Waals surface area contributed by atoms with Crippen molar-refractivity contribution < 1.29 is 14.6 Å². The van der Waals surface area contributed by atoms with Crippen molar-refractivity contribution in [2.75, 3.05) is 38.9 Å². The van der Waals surface area contributed by atoms with Crippen LogP contribution in [0.15, 0.2) is 0 Å². The van der Waals surface area contributed by atoms with Crippen LogP contribution in [-0.2, 0) is 9.47 Å². The molecular weight excluding hydrogens is 182 g/mol. The van der Waals surface area contributed by atoms with Gasteiger partial charge in [-0.1, -0.05) is 0 Å². The lowest BCUT2D eigenvalue weighted by Gasteiger charge is -2.08. The van der Waals surface area contributed by atoms with E-state index in [1.165, 1.54) is 0 Å². The molecule has 1 atom stereocenters. The van der Waals surface area contributed by atoms with Gasteiger partial charge in [0.1, 0.15) is 0 Å². The molecule has 0 saturated heterocycles. The van der Waals surface area contributed by atoms with Crippen LogP contribution >= 0.6 is 11.6 Å². The minimum absolute atomic E-state index is 0.0530. The molecule has 0 radical (unpaired) electrons. The Labute approximate surface area is 77.6 Å². The summed E-state index contributed by atoms with van der Waals surface area (Å²) < 4.78 is 10.1. The molecule has 0 aromatic heterocycles. The molecule has 0 heterocycles. The number of aliphatic hydroxyl groups excluding tert-OH is 1. The standard InChI is InChI=1S/C7H16ClNO3/c8-1-2-11-3-4-12-6-7(9)5-10/h7,10H,1-6,9H2. The van der Waals surface area contributed by atoms with E-state index >= 15 is 0 Å². The third-order valence-corrected chi connectivity index (χ3v) is 1.31. The van der Waals surface area contributed by atoms with Crippen molar-refractivity contribution in [1.29, 1.82) is 0 Å². The zero-order valence-corrected chi connectivity index (χ0v) is 7.79. The van der Waals surface area contributed by atoms with Gasteiger partial charge in [0, 0.05) is 5.88 Å². The van der Waals surface area contributed by atoms with Crippen LogP contribution < -0.4 is 5.73 Å². The van der Waals surface area contributed by atoms with Crippen LogP contribution in [0.2, 0.25) is 0 Å². The molecular formula is C7H16ClNO3. The van der Waals surface area contributed by atoms with Crippen molar-refractivity contribution in [3.8, 4) is 0 Å². The molecule has 0 saturated carbocycles. The van der Waals surface area contributed by atoms with E-state index in [0.717, 1.165) is 0 Å². The van der Waals surface area contributed by atoms with Crippen LogP contribution in [0.5, 0.6) is 0 Å². The molecule has 0 amide bonds. The molecule has 0 aliphatic rings. The highest BCUT2D eigenvalue weighted by atomic mass is 35.5. The van der Waals surface area contributed by atoms with Crippen LogP contribution in [0, 0.1) is 0 Å². The summed E-state index contributed by atoms with van der Waals surface area (Å²) in [5, 5.41) is 8.52. The molecule has 3 N–H and O–H groups in total. The number of hydrogen-bond donors (Lipinski definition) is 2. The van der Waals surface area contributed by atoms with Crippen LogP contribution in [0.3, 0.4) is 0 Å². The van der Waals surface area contributed by atoms with Gasteiger partial charge in [-0.15, -0.1) is 11.6 Å². The van der Waals surface area contributed by atoms with Crippen LogP contribution in [0.4, 0.5) is 0 Å². The van der Waals surface area contributed by atoms with Gasteiger partial charge in [-0.05, 0) is 0 Å². The Morgan fingerprint density at radius 2 is 1.92 bits per heavy atom. The van der Waals surface area contributed by atoms with Gasteiger partial charge in [0.15, 0.2) is 0 Å². The highest BCUT2D eigenvalue weighted by Crippen LogP contribution is 1.83. The van der Waals surface area contributed by atoms with Gasteiger partial charge in [0.25, 0.3) is 0 Å². The number of nitrogens with two attached hydrogens (primary N) is 1. The first-order valence-corrected chi connectivity index (χ1v) is 4.42. The number of hydrogen-bond acceptors (Lipinski definition) is 4. The van der Waals surface area contributed by atoms with E-state index < -0.39 is 0 Å². The van der Waals surface area contributed by atoms with E-state index in [-0.39, 0.29) is 12.6 Å². The van der Waals surface area contributed by atoms with Crippen LogP contribution in [0.1, 0.15) is 0 Å². The van der Waals surface area contributed by atoms with E-state index in [1.807, 2.05) is 0 Å². The third-order valence-electron chi connectivity index (χ3n) is 1.16. The summed E-state index contributed by atoms with van der Waals surface area (Å²) in [6.07, 6.45) is 0. The summed E-state index contributed by atoms with van der Waals surface area (Å²) in [5.41, 5.74) is 5.38. The maximum atomic E-state index is 8.52. The first-order valence-electron chi connectivity index (χ1n) is 3.89. The molecule has 5 heteroatoms. The first-order chi connectivity index (χ1) is 5.81. The molecule has 12 heavy (non-hydrogen) atoms. The third kappa shape index (κ3) is 8.23. The molecule has 0 rings (SSSR count). The molecule has 1 unspecified atom stereocenters. The number of halogens is 1. The number of aliphatic hydroxyl groups is 1. The predicted octanol–water partition coefficient (Wildman–Crippen LogP) is -0.422. The molecule has 74 valence electrons. The maximum Gasteiger partial charge on any atom is 0.0701 e. The van der Waals surface area contributed by atoms with Gasteiger partial charge >= 0.3 is 0 Å². The topological polar surface area (TPSA) is 64.7 Å². The average Bonchev–Trinajstić information content (AvgIpc) is 2.10. The van der Waals surface area contributed by atoms with Gasteiger partial charge in [0.05, 0.1) is 39.1 Å². The highest BCUT2D eigenvalue weighted by molar-refractivity contribution is 6.17. The summed E-state index contributed by atoms with van der Waals surface area (Å²) >= 11 is 5.37. The fraction of sp³-hybridized carbons (Fsp3) is 1.00. The Balaban J connectivity index is 2.90. The van der Waals surface area contributed by atoms with Crippen LogP contribution in [0.25, 0.3) is 0 Å². The lowest BCUT2D eigenvalue weighted by atomic mass is 10.4. The van der Waals surface area contributed by atoms with E-state index in [2.05, 4.69) is 0 Å². The zero-order chi connectivity index (χ0) is 9.23. The summed E-state index contributed by atoms with van der Waals surface area (Å²) in [6, 6.07) is -0.293. The first kappa shape index (κ1) is 12.1. The predicted molar refractivity (Wildman–Crippen MR) is 47.4 cm³/mol. The quantitative estimate of drug-likeness (QED) is 0.410. The molecule has 0 aliphatic carbocycles. The molecule has 0 aliphatic heterocycles. The molecule has 0 aromatic rings. The molecule has 0 fully saturated rings. The van der Waals surface area contributed by atoms with Gasteiger partial charge in [-0.25, -0.2) is 0 Å². The maximum absolute atomic E-state index is 8.52. The minimum Gasteiger partial charge on any atom is -0.395 e. The fourth-order valence-corrected chi connectivity index (χ4v) is 0.671. The summed E-state index contributed by atoms with van der Waals surface area (Å²) in [6.45, 7) is 1.86. The lowest BCUT2D eigenvalue weighted by molar-refractivity contribution is 0.0415. The van der Waals surface area contributed by atoms with Crippen molar-refractivity contribution in [2.45, 2.75) is 6.04 Å². The minimum atomic E-state index is -0.293. The highest BCUT2D eigenvalue weighted by Gasteiger charge is 1.98. The van der Waals surface area contributed by atoms with Gasteiger partial charge in [-0.3, -0.25) is 0 Å². The Kier molecular flexibility index (Phi) is 9.32. The Hall–Kier alpha value is 0.130. The SMILES string of the molecule is NC(CO)COCCOCCCl. The molecule has 0 spiro atoms. The molecule has 0 aromatic carbocycles. The van der Waals surface area contributed by atoms with Crippen molar-refractivity contribution in [3.05, 3.63) is 0 Å². The Morgan fingerprint density at radius 3 is 2.50 bits per heavy atom. The van der Waals surface area contributed by atoms with Gasteiger partial charge < -0.3 is 20.3 Å². The summed E-state index contributed by atoms with van der Waals surface area (Å²) in [5.74, 6) is 0.496. The Bertz CT molecular complexity index is 94.7. The fourth-order valence-electron chi connectivity index (χ4n) is 0.562. The number of rotatable bonds is 8. The average molecular weight is 198 g/mol. The summed E-state index contributed by atoms with van der Waals surface area (Å²) in [4.78, 5) is 0. The van der Waals surface area contributed by atoms with Crippen molar-refractivity contribution in [2.24, 2.45) is 5.73 Å². The molecule has 0 bridgehead atoms. The largest absolute Gasteiger partial charge is 0.395 e. The second-order valence-corrected chi connectivity index (χ2v) is 2.70. The van der Waals surface area contributed by atoms with Crippen molar-refractivity contribution in [3.63, 3.8) is 0 Å². The Morgan fingerprint density at radius 1 is 1.25 bits per heavy atom. The second kappa shape index (κ2) is 9.22. The van der Waals surface area contributed by atoms with Gasteiger partial charge in [-0.2, -0.15) is 0 Å². The number of ether oxygens (including phenoxy) is 2. The molecule has 4 nitrogen and oxygen atoms in total. The van der Waals surface area contributed by atoms with E-state index in [1.54, 1.807) is 0 Å². The van der Waals surface area contributed by atoms with E-state index in [9.17, 15) is 0 Å². The van der Waals surface area contributed by atoms with E-state index in [4.69, 9.17) is 31.9 Å².